The van der Waals surface area contributed by atoms with E-state index >= 15 is 0 Å². The van der Waals surface area contributed by atoms with Crippen molar-refractivity contribution < 1.29 is 28.7 Å². The lowest BCUT2D eigenvalue weighted by Gasteiger charge is -2.46. The first-order chi connectivity index (χ1) is 15.3. The first-order valence-corrected chi connectivity index (χ1v) is 9.96. The fourth-order valence-electron chi connectivity index (χ4n) is 4.08. The molecular formula is C23H25N3O6. The summed E-state index contributed by atoms with van der Waals surface area (Å²) in [6.07, 6.45) is -0.0295. The molecule has 1 amide bonds. The molecule has 2 aromatic carbocycles. The molecule has 1 fully saturated rings. The van der Waals surface area contributed by atoms with E-state index in [0.29, 0.717) is 22.6 Å². The predicted molar refractivity (Wildman–Crippen MR) is 117 cm³/mol. The minimum atomic E-state index is -1.12. The first kappa shape index (κ1) is 22.8. The number of hydrogen-bond donors (Lipinski definition) is 3. The zero-order valence-electron chi connectivity index (χ0n) is 17.7. The van der Waals surface area contributed by atoms with Gasteiger partial charge in [0, 0.05) is 29.4 Å². The van der Waals surface area contributed by atoms with Crippen molar-refractivity contribution in [1.82, 2.24) is 0 Å². The summed E-state index contributed by atoms with van der Waals surface area (Å²) in [5, 5.41) is 2.67. The number of nitrogens with one attached hydrogen (secondary N) is 1. The Bertz CT molecular complexity index is 928. The molecule has 5 N–H and O–H groups in total. The van der Waals surface area contributed by atoms with Crippen LogP contribution in [0.4, 0.5) is 17.1 Å². The van der Waals surface area contributed by atoms with E-state index < -0.39 is 41.5 Å². The summed E-state index contributed by atoms with van der Waals surface area (Å²) in [4.78, 5) is 51.2. The Labute approximate surface area is 185 Å². The molecule has 3 rings (SSSR count). The molecule has 9 heteroatoms. The summed E-state index contributed by atoms with van der Waals surface area (Å²) < 4.78 is 9.70. The van der Waals surface area contributed by atoms with E-state index in [1.807, 2.05) is 0 Å². The van der Waals surface area contributed by atoms with Crippen LogP contribution in [0.5, 0.6) is 0 Å². The lowest BCUT2D eigenvalue weighted by atomic mass is 9.54. The van der Waals surface area contributed by atoms with Crippen molar-refractivity contribution in [3.8, 4) is 0 Å². The molecule has 2 aromatic rings. The first-order valence-electron chi connectivity index (χ1n) is 9.96. The summed E-state index contributed by atoms with van der Waals surface area (Å²) in [7, 11) is 2.34. The molecule has 0 spiro atoms. The van der Waals surface area contributed by atoms with Crippen molar-refractivity contribution in [2.24, 2.45) is 23.7 Å². The van der Waals surface area contributed by atoms with Gasteiger partial charge in [-0.15, -0.1) is 0 Å². The predicted octanol–water partition coefficient (Wildman–Crippen LogP) is 1.43. The zero-order valence-corrected chi connectivity index (χ0v) is 17.7. The number of methoxy groups -OCH3 is 2. The Hall–Kier alpha value is -3.88. The van der Waals surface area contributed by atoms with Crippen molar-refractivity contribution >= 4 is 40.7 Å². The standard InChI is InChI=1S/C23H25N3O6/c1-31-22(29)19-17(16(27)11-12-3-5-13(24)6-4-12)20(23(30)32-2)18(19)21(28)26-15-9-7-14(25)8-10-15/h3-10,17-20H,11,24-25H2,1-2H3,(H,26,28). The number of carbonyl (C=O) groups excluding carboxylic acids is 4. The number of rotatable bonds is 7. The van der Waals surface area contributed by atoms with Crippen LogP contribution in [0.3, 0.4) is 0 Å². The second kappa shape index (κ2) is 9.51. The normalized spacial score (nSPS) is 21.7. The molecule has 9 nitrogen and oxygen atoms in total. The maximum atomic E-state index is 13.1. The highest BCUT2D eigenvalue weighted by atomic mass is 16.5. The Kier molecular flexibility index (Phi) is 6.77. The number of nitrogen functional groups attached to an aromatic ring is 2. The molecule has 0 aromatic heterocycles. The smallest absolute Gasteiger partial charge is 0.310 e. The molecule has 2 atom stereocenters. The highest BCUT2D eigenvalue weighted by Gasteiger charge is 2.63. The van der Waals surface area contributed by atoms with E-state index in [-0.39, 0.29) is 12.2 Å². The highest BCUT2D eigenvalue weighted by Crippen LogP contribution is 2.49. The average molecular weight is 439 g/mol. The molecule has 168 valence electrons. The van der Waals surface area contributed by atoms with Gasteiger partial charge >= 0.3 is 11.9 Å². The van der Waals surface area contributed by atoms with Crippen LogP contribution in [0.1, 0.15) is 5.56 Å². The number of Topliss-reactive ketones (excluding diaryl/α,β-unsaturated/α-hetero) is 1. The number of ketones is 1. The fourth-order valence-corrected chi connectivity index (χ4v) is 4.08. The van der Waals surface area contributed by atoms with Gasteiger partial charge in [0.15, 0.2) is 0 Å². The SMILES string of the molecule is COC(=O)C1C(C(=O)Cc2ccc(N)cc2)C(C(=O)OC)C1C(=O)Nc1ccc(N)cc1. The van der Waals surface area contributed by atoms with Crippen molar-refractivity contribution in [2.45, 2.75) is 6.42 Å². The van der Waals surface area contributed by atoms with E-state index in [1.54, 1.807) is 48.5 Å². The average Bonchev–Trinajstić information content (AvgIpc) is 2.75. The molecule has 0 heterocycles. The number of ether oxygens (including phenoxy) is 2. The fraction of sp³-hybridized carbons (Fsp3) is 0.304. The second-order valence-electron chi connectivity index (χ2n) is 7.65. The largest absolute Gasteiger partial charge is 0.469 e. The number of hydrogen-bond acceptors (Lipinski definition) is 8. The zero-order chi connectivity index (χ0) is 23.4. The van der Waals surface area contributed by atoms with Crippen molar-refractivity contribution in [1.29, 1.82) is 0 Å². The Morgan fingerprint density at radius 2 is 1.22 bits per heavy atom. The summed E-state index contributed by atoms with van der Waals surface area (Å²) in [6, 6.07) is 13.1. The van der Waals surface area contributed by atoms with Crippen molar-refractivity contribution in [3.63, 3.8) is 0 Å². The van der Waals surface area contributed by atoms with Crippen LogP contribution in [0.2, 0.25) is 0 Å². The van der Waals surface area contributed by atoms with Crippen LogP contribution in [-0.2, 0) is 35.1 Å². The molecule has 32 heavy (non-hydrogen) atoms. The quantitative estimate of drug-likeness (QED) is 0.433. The third kappa shape index (κ3) is 4.56. The number of carbonyl (C=O) groups is 4. The van der Waals surface area contributed by atoms with Crippen LogP contribution < -0.4 is 16.8 Å². The molecule has 0 saturated heterocycles. The summed E-state index contributed by atoms with van der Waals surface area (Å²) in [5.74, 6) is -6.81. The van der Waals surface area contributed by atoms with E-state index in [2.05, 4.69) is 5.32 Å². The van der Waals surface area contributed by atoms with Crippen LogP contribution in [-0.4, -0.2) is 37.8 Å². The van der Waals surface area contributed by atoms with Crippen LogP contribution in [0, 0.1) is 23.7 Å². The summed E-state index contributed by atoms with van der Waals surface area (Å²) in [5.41, 5.74) is 13.5. The summed E-state index contributed by atoms with van der Waals surface area (Å²) in [6.45, 7) is 0. The molecular weight excluding hydrogens is 414 g/mol. The molecule has 1 aliphatic rings. The van der Waals surface area contributed by atoms with E-state index in [0.717, 1.165) is 0 Å². The molecule has 0 aliphatic heterocycles. The third-order valence-electron chi connectivity index (χ3n) is 5.71. The maximum absolute atomic E-state index is 13.1. The van der Waals surface area contributed by atoms with Gasteiger partial charge in [0.2, 0.25) is 5.91 Å². The third-order valence-corrected chi connectivity index (χ3v) is 5.71. The lowest BCUT2D eigenvalue weighted by molar-refractivity contribution is -0.182. The van der Waals surface area contributed by atoms with Crippen LogP contribution in [0.25, 0.3) is 0 Å². The van der Waals surface area contributed by atoms with Gasteiger partial charge in [-0.2, -0.15) is 0 Å². The van der Waals surface area contributed by atoms with Gasteiger partial charge in [-0.1, -0.05) is 12.1 Å². The van der Waals surface area contributed by atoms with Crippen LogP contribution in [0.15, 0.2) is 48.5 Å². The number of esters is 2. The topological polar surface area (TPSA) is 151 Å². The Morgan fingerprint density at radius 1 is 0.750 bits per heavy atom. The van der Waals surface area contributed by atoms with Crippen LogP contribution >= 0.6 is 0 Å². The Morgan fingerprint density at radius 3 is 1.69 bits per heavy atom. The van der Waals surface area contributed by atoms with Crippen molar-refractivity contribution in [3.05, 3.63) is 54.1 Å². The van der Waals surface area contributed by atoms with E-state index in [4.69, 9.17) is 20.9 Å². The summed E-state index contributed by atoms with van der Waals surface area (Å²) >= 11 is 0. The number of benzene rings is 2. The van der Waals surface area contributed by atoms with Gasteiger partial charge < -0.3 is 26.3 Å². The van der Waals surface area contributed by atoms with Gasteiger partial charge in [0.05, 0.1) is 32.0 Å². The van der Waals surface area contributed by atoms with Gasteiger partial charge in [0.25, 0.3) is 0 Å². The number of amides is 1. The Balaban J connectivity index is 1.88. The molecule has 2 unspecified atom stereocenters. The van der Waals surface area contributed by atoms with Crippen molar-refractivity contribution in [2.75, 3.05) is 31.0 Å². The minimum Gasteiger partial charge on any atom is -0.469 e. The van der Waals surface area contributed by atoms with Gasteiger partial charge in [-0.25, -0.2) is 0 Å². The van der Waals surface area contributed by atoms with Gasteiger partial charge in [-0.3, -0.25) is 19.2 Å². The highest BCUT2D eigenvalue weighted by molar-refractivity contribution is 6.04. The molecule has 1 aliphatic carbocycles. The van der Waals surface area contributed by atoms with E-state index in [1.165, 1.54) is 14.2 Å². The number of anilines is 3. The molecule has 0 bridgehead atoms. The molecule has 1 saturated carbocycles. The number of nitrogens with two attached hydrogens (primary N) is 2. The lowest BCUT2D eigenvalue weighted by Crippen LogP contribution is -2.61. The molecule has 0 radical (unpaired) electrons. The maximum Gasteiger partial charge on any atom is 0.310 e. The minimum absolute atomic E-state index is 0.0295. The van der Waals surface area contributed by atoms with E-state index in [9.17, 15) is 19.2 Å². The van der Waals surface area contributed by atoms with Gasteiger partial charge in [-0.05, 0) is 42.0 Å². The van der Waals surface area contributed by atoms with Gasteiger partial charge in [0.1, 0.15) is 5.78 Å². The second-order valence-corrected chi connectivity index (χ2v) is 7.65. The monoisotopic (exact) mass is 439 g/mol.